The minimum atomic E-state index is -0.499. The molecular formula is C15H17N3O. The van der Waals surface area contributed by atoms with Crippen LogP contribution in [0.1, 0.15) is 21.5 Å². The predicted octanol–water partition coefficient (Wildman–Crippen LogP) is 2.73. The lowest BCUT2D eigenvalue weighted by Gasteiger charge is -2.16. The molecule has 2 aromatic rings. The van der Waals surface area contributed by atoms with E-state index >= 15 is 0 Å². The first-order valence-corrected chi connectivity index (χ1v) is 6.02. The Hall–Kier alpha value is -2.49. The molecule has 2 rings (SSSR count). The minimum absolute atomic E-state index is 0.391. The highest BCUT2D eigenvalue weighted by Gasteiger charge is 2.12. The van der Waals surface area contributed by atoms with Gasteiger partial charge in [-0.3, -0.25) is 4.79 Å². The van der Waals surface area contributed by atoms with Crippen molar-refractivity contribution in [1.29, 1.82) is 0 Å². The van der Waals surface area contributed by atoms with E-state index in [1.165, 1.54) is 0 Å². The van der Waals surface area contributed by atoms with Gasteiger partial charge in [-0.2, -0.15) is 0 Å². The summed E-state index contributed by atoms with van der Waals surface area (Å²) in [7, 11) is 0. The molecule has 0 saturated heterocycles. The quantitative estimate of drug-likeness (QED) is 0.737. The molecule has 5 N–H and O–H groups in total. The Bertz CT molecular complexity index is 615. The number of hydrogen-bond acceptors (Lipinski definition) is 3. The van der Waals surface area contributed by atoms with Gasteiger partial charge in [0.25, 0.3) is 5.91 Å². The Morgan fingerprint density at radius 3 is 2.16 bits per heavy atom. The van der Waals surface area contributed by atoms with Gasteiger partial charge in [0.1, 0.15) is 0 Å². The van der Waals surface area contributed by atoms with Gasteiger partial charge in [-0.1, -0.05) is 24.3 Å². The van der Waals surface area contributed by atoms with Crippen molar-refractivity contribution >= 4 is 23.0 Å². The first kappa shape index (κ1) is 13.0. The highest BCUT2D eigenvalue weighted by Crippen LogP contribution is 2.30. The van der Waals surface area contributed by atoms with Crippen LogP contribution in [0.4, 0.5) is 17.1 Å². The molecule has 0 spiro atoms. The summed E-state index contributed by atoms with van der Waals surface area (Å²) in [5, 5.41) is 3.23. The third kappa shape index (κ3) is 2.52. The molecule has 0 atom stereocenters. The number of amides is 1. The molecular weight excluding hydrogens is 238 g/mol. The molecule has 0 aliphatic heterocycles. The van der Waals surface area contributed by atoms with Crippen LogP contribution in [0.15, 0.2) is 36.4 Å². The summed E-state index contributed by atoms with van der Waals surface area (Å²) in [6, 6.07) is 11.1. The second-order valence-electron chi connectivity index (χ2n) is 4.53. The maximum Gasteiger partial charge on any atom is 0.250 e. The molecule has 19 heavy (non-hydrogen) atoms. The Morgan fingerprint density at radius 1 is 1.00 bits per heavy atom. The van der Waals surface area contributed by atoms with Crippen molar-refractivity contribution in [3.05, 3.63) is 53.1 Å². The summed E-state index contributed by atoms with van der Waals surface area (Å²) in [4.78, 5) is 11.5. The molecule has 1 amide bonds. The number of nitrogens with two attached hydrogens (primary N) is 2. The van der Waals surface area contributed by atoms with Crippen LogP contribution >= 0.6 is 0 Å². The third-order valence-corrected chi connectivity index (χ3v) is 3.09. The Labute approximate surface area is 112 Å². The van der Waals surface area contributed by atoms with E-state index in [4.69, 9.17) is 11.5 Å². The Balaban J connectivity index is 2.52. The van der Waals surface area contributed by atoms with Crippen molar-refractivity contribution in [3.63, 3.8) is 0 Å². The summed E-state index contributed by atoms with van der Waals surface area (Å²) in [5.41, 5.74) is 15.9. The molecule has 0 fully saturated rings. The molecule has 0 radical (unpaired) electrons. The van der Waals surface area contributed by atoms with Gasteiger partial charge in [-0.15, -0.1) is 0 Å². The number of hydrogen-bond donors (Lipinski definition) is 3. The standard InChI is InChI=1S/C15H17N3O/c1-9-5-3-6-10(2)13(9)18-14-11(15(17)19)7-4-8-12(14)16/h3-8,18H,16H2,1-2H3,(H2,17,19). The van der Waals surface area contributed by atoms with Crippen LogP contribution in [0, 0.1) is 13.8 Å². The number of nitrogen functional groups attached to an aromatic ring is 1. The molecule has 0 aromatic heterocycles. The smallest absolute Gasteiger partial charge is 0.250 e. The van der Waals surface area contributed by atoms with Crippen LogP contribution in [-0.2, 0) is 0 Å². The second kappa shape index (κ2) is 5.02. The van der Waals surface area contributed by atoms with E-state index in [9.17, 15) is 4.79 Å². The van der Waals surface area contributed by atoms with Crippen LogP contribution < -0.4 is 16.8 Å². The monoisotopic (exact) mass is 255 g/mol. The summed E-state index contributed by atoms with van der Waals surface area (Å²) >= 11 is 0. The topological polar surface area (TPSA) is 81.1 Å². The normalized spacial score (nSPS) is 10.2. The van der Waals surface area contributed by atoms with E-state index in [2.05, 4.69) is 5.32 Å². The van der Waals surface area contributed by atoms with Crippen molar-refractivity contribution in [2.75, 3.05) is 11.1 Å². The second-order valence-corrected chi connectivity index (χ2v) is 4.53. The van der Waals surface area contributed by atoms with Crippen LogP contribution in [-0.4, -0.2) is 5.91 Å². The number of anilines is 3. The zero-order chi connectivity index (χ0) is 14.0. The molecule has 0 bridgehead atoms. The number of carbonyl (C=O) groups excluding carboxylic acids is 1. The molecule has 98 valence electrons. The lowest BCUT2D eigenvalue weighted by Crippen LogP contribution is -2.14. The van der Waals surface area contributed by atoms with Gasteiger partial charge in [-0.05, 0) is 37.1 Å². The van der Waals surface area contributed by atoms with Crippen LogP contribution in [0.2, 0.25) is 0 Å². The SMILES string of the molecule is Cc1cccc(C)c1Nc1c(N)cccc1C(N)=O. The van der Waals surface area contributed by atoms with Gasteiger partial charge in [0.2, 0.25) is 0 Å². The molecule has 0 aliphatic rings. The summed E-state index contributed by atoms with van der Waals surface area (Å²) in [6.45, 7) is 4.00. The fourth-order valence-corrected chi connectivity index (χ4v) is 2.05. The number of nitrogens with one attached hydrogen (secondary N) is 1. The van der Waals surface area contributed by atoms with Crippen molar-refractivity contribution in [2.45, 2.75) is 13.8 Å². The molecule has 4 heteroatoms. The number of carbonyl (C=O) groups is 1. The van der Waals surface area contributed by atoms with E-state index in [-0.39, 0.29) is 0 Å². The molecule has 2 aromatic carbocycles. The third-order valence-electron chi connectivity index (χ3n) is 3.09. The van der Waals surface area contributed by atoms with E-state index < -0.39 is 5.91 Å². The largest absolute Gasteiger partial charge is 0.397 e. The van der Waals surface area contributed by atoms with E-state index in [1.54, 1.807) is 18.2 Å². The average Bonchev–Trinajstić information content (AvgIpc) is 2.35. The average molecular weight is 255 g/mol. The van der Waals surface area contributed by atoms with E-state index in [1.807, 2.05) is 32.0 Å². The Morgan fingerprint density at radius 2 is 1.58 bits per heavy atom. The van der Waals surface area contributed by atoms with Crippen molar-refractivity contribution in [2.24, 2.45) is 5.73 Å². The molecule has 0 heterocycles. The van der Waals surface area contributed by atoms with Crippen LogP contribution in [0.25, 0.3) is 0 Å². The van der Waals surface area contributed by atoms with Crippen LogP contribution in [0.5, 0.6) is 0 Å². The maximum absolute atomic E-state index is 11.5. The predicted molar refractivity (Wildman–Crippen MR) is 78.6 cm³/mol. The number of para-hydroxylation sites is 2. The molecule has 0 aliphatic carbocycles. The molecule has 0 unspecified atom stereocenters. The highest BCUT2D eigenvalue weighted by molar-refractivity contribution is 6.02. The summed E-state index contributed by atoms with van der Waals surface area (Å²) < 4.78 is 0. The molecule has 4 nitrogen and oxygen atoms in total. The van der Waals surface area contributed by atoms with E-state index in [0.717, 1.165) is 16.8 Å². The summed E-state index contributed by atoms with van der Waals surface area (Å²) in [5.74, 6) is -0.499. The lowest BCUT2D eigenvalue weighted by atomic mass is 10.1. The number of primary amides is 1. The maximum atomic E-state index is 11.5. The zero-order valence-electron chi connectivity index (χ0n) is 11.0. The zero-order valence-corrected chi connectivity index (χ0v) is 11.0. The molecule has 0 saturated carbocycles. The lowest BCUT2D eigenvalue weighted by molar-refractivity contribution is 0.100. The first-order valence-electron chi connectivity index (χ1n) is 6.02. The minimum Gasteiger partial charge on any atom is -0.397 e. The fourth-order valence-electron chi connectivity index (χ4n) is 2.05. The van der Waals surface area contributed by atoms with Crippen molar-refractivity contribution in [3.8, 4) is 0 Å². The number of benzene rings is 2. The van der Waals surface area contributed by atoms with Gasteiger partial charge in [-0.25, -0.2) is 0 Å². The first-order chi connectivity index (χ1) is 9.00. The summed E-state index contributed by atoms with van der Waals surface area (Å²) in [6.07, 6.45) is 0. The van der Waals surface area contributed by atoms with Crippen molar-refractivity contribution < 1.29 is 4.79 Å². The van der Waals surface area contributed by atoms with E-state index in [0.29, 0.717) is 16.9 Å². The van der Waals surface area contributed by atoms with Gasteiger partial charge in [0.05, 0.1) is 16.9 Å². The van der Waals surface area contributed by atoms with Gasteiger partial charge in [0, 0.05) is 5.69 Å². The van der Waals surface area contributed by atoms with Gasteiger partial charge < -0.3 is 16.8 Å². The van der Waals surface area contributed by atoms with Gasteiger partial charge in [0.15, 0.2) is 0 Å². The van der Waals surface area contributed by atoms with Crippen LogP contribution in [0.3, 0.4) is 0 Å². The number of rotatable bonds is 3. The van der Waals surface area contributed by atoms with Crippen molar-refractivity contribution in [1.82, 2.24) is 0 Å². The van der Waals surface area contributed by atoms with Gasteiger partial charge >= 0.3 is 0 Å². The number of aryl methyl sites for hydroxylation is 2. The highest BCUT2D eigenvalue weighted by atomic mass is 16.1. The fraction of sp³-hybridized carbons (Fsp3) is 0.133. The Kier molecular flexibility index (Phi) is 3.42.